The van der Waals surface area contributed by atoms with Crippen molar-refractivity contribution in [3.05, 3.63) is 35.7 Å². The monoisotopic (exact) mass is 223 g/mol. The third-order valence-electron chi connectivity index (χ3n) is 2.12. The Bertz CT molecular complexity index is 393. The van der Waals surface area contributed by atoms with E-state index in [1.54, 1.807) is 12.2 Å². The van der Waals surface area contributed by atoms with Gasteiger partial charge in [0.05, 0.1) is 0 Å². The second-order valence-electron chi connectivity index (χ2n) is 3.32. The van der Waals surface area contributed by atoms with Crippen LogP contribution < -0.4 is 0 Å². The number of carbonyl (C=O) groups is 2. The minimum atomic E-state index is -1.31. The number of carboxylic acids is 1. The third-order valence-corrected chi connectivity index (χ3v) is 2.12. The maximum atomic E-state index is 10.9. The van der Waals surface area contributed by atoms with Gasteiger partial charge in [-0.15, -0.1) is 0 Å². The molecule has 1 aliphatic rings. The Balaban J connectivity index is 3.05. The van der Waals surface area contributed by atoms with Gasteiger partial charge in [-0.2, -0.15) is 0 Å². The molecule has 0 aromatic heterocycles. The van der Waals surface area contributed by atoms with E-state index < -0.39 is 12.1 Å². The summed E-state index contributed by atoms with van der Waals surface area (Å²) in [5.41, 5.74) is 0.639. The maximum Gasteiger partial charge on any atom is 0.416 e. The van der Waals surface area contributed by atoms with Crippen LogP contribution in [0.15, 0.2) is 35.7 Å². The van der Waals surface area contributed by atoms with Crippen molar-refractivity contribution in [3.63, 3.8) is 0 Å². The average molecular weight is 223 g/mol. The molecule has 0 aromatic rings. The smallest absolute Gasteiger partial charge is 0.416 e. The highest BCUT2D eigenvalue weighted by Crippen LogP contribution is 2.16. The summed E-state index contributed by atoms with van der Waals surface area (Å²) >= 11 is 0. The van der Waals surface area contributed by atoms with Crippen molar-refractivity contribution in [2.45, 2.75) is 19.8 Å². The minimum Gasteiger partial charge on any atom is -0.477 e. The zero-order chi connectivity index (χ0) is 12.1. The lowest BCUT2D eigenvalue weighted by molar-refractivity contribution is -0.133. The van der Waals surface area contributed by atoms with E-state index in [9.17, 15) is 9.59 Å². The van der Waals surface area contributed by atoms with Gasteiger partial charge >= 0.3 is 12.1 Å². The zero-order valence-electron chi connectivity index (χ0n) is 8.88. The van der Waals surface area contributed by atoms with Crippen LogP contribution in [0.25, 0.3) is 0 Å². The molecule has 1 rings (SSSR count). The summed E-state index contributed by atoms with van der Waals surface area (Å²) in [5.74, 6) is -1.26. The van der Waals surface area contributed by atoms with Gasteiger partial charge in [0.15, 0.2) is 0 Å². The predicted octanol–water partition coefficient (Wildman–Crippen LogP) is 2.19. The molecule has 86 valence electrons. The highest BCUT2D eigenvalue weighted by atomic mass is 16.4. The molecule has 0 aliphatic carbocycles. The van der Waals surface area contributed by atoms with Crippen LogP contribution in [-0.2, 0) is 4.79 Å². The summed E-state index contributed by atoms with van der Waals surface area (Å²) in [7, 11) is 0. The molecule has 16 heavy (non-hydrogen) atoms. The van der Waals surface area contributed by atoms with Crippen LogP contribution in [0, 0.1) is 0 Å². The Kier molecular flexibility index (Phi) is 3.88. The van der Waals surface area contributed by atoms with Crippen molar-refractivity contribution in [1.29, 1.82) is 0 Å². The van der Waals surface area contributed by atoms with Crippen molar-refractivity contribution < 1.29 is 19.8 Å². The first kappa shape index (κ1) is 12.0. The summed E-state index contributed by atoms with van der Waals surface area (Å²) in [6.07, 6.45) is 6.21. The lowest BCUT2D eigenvalue weighted by atomic mass is 10.1. The normalized spacial score (nSPS) is 15.2. The van der Waals surface area contributed by atoms with E-state index in [2.05, 4.69) is 0 Å². The number of nitrogens with zero attached hydrogens (tertiary/aromatic N) is 1. The van der Waals surface area contributed by atoms with Gasteiger partial charge in [-0.05, 0) is 24.1 Å². The molecule has 0 aromatic carbocycles. The Morgan fingerprint density at radius 3 is 2.50 bits per heavy atom. The fourth-order valence-electron chi connectivity index (χ4n) is 1.37. The third kappa shape index (κ3) is 2.73. The molecule has 0 saturated carbocycles. The molecular weight excluding hydrogens is 210 g/mol. The molecule has 2 N–H and O–H groups in total. The summed E-state index contributed by atoms with van der Waals surface area (Å²) in [4.78, 5) is 22.4. The fraction of sp³-hybridized carbons (Fsp3) is 0.273. The first-order valence-corrected chi connectivity index (χ1v) is 4.90. The van der Waals surface area contributed by atoms with Crippen molar-refractivity contribution in [1.82, 2.24) is 4.90 Å². The van der Waals surface area contributed by atoms with Crippen molar-refractivity contribution in [2.24, 2.45) is 0 Å². The lowest BCUT2D eigenvalue weighted by Gasteiger charge is -2.13. The van der Waals surface area contributed by atoms with Crippen LogP contribution in [0.5, 0.6) is 0 Å². The summed E-state index contributed by atoms with van der Waals surface area (Å²) < 4.78 is 0. The van der Waals surface area contributed by atoms with Crippen molar-refractivity contribution in [3.8, 4) is 0 Å². The molecule has 0 atom stereocenters. The molecule has 1 amide bonds. The van der Waals surface area contributed by atoms with Crippen LogP contribution >= 0.6 is 0 Å². The Labute approximate surface area is 93.0 Å². The van der Waals surface area contributed by atoms with Crippen LogP contribution in [0.2, 0.25) is 0 Å². The first-order valence-electron chi connectivity index (χ1n) is 4.90. The van der Waals surface area contributed by atoms with Crippen molar-refractivity contribution >= 4 is 12.1 Å². The quantitative estimate of drug-likeness (QED) is 0.768. The summed E-state index contributed by atoms with van der Waals surface area (Å²) in [6, 6.07) is 0. The molecule has 0 unspecified atom stereocenters. The van der Waals surface area contributed by atoms with Crippen molar-refractivity contribution in [2.75, 3.05) is 0 Å². The number of hydrogen-bond acceptors (Lipinski definition) is 2. The SMILES string of the molecule is CCCC1=CC=C(C(=O)O)N(C(=O)O)C=C1. The van der Waals surface area contributed by atoms with E-state index in [1.807, 2.05) is 6.92 Å². The van der Waals surface area contributed by atoms with E-state index >= 15 is 0 Å². The van der Waals surface area contributed by atoms with Gasteiger partial charge in [0, 0.05) is 6.20 Å². The molecule has 0 spiro atoms. The highest BCUT2D eigenvalue weighted by molar-refractivity contribution is 5.91. The Morgan fingerprint density at radius 1 is 1.31 bits per heavy atom. The molecule has 0 bridgehead atoms. The van der Waals surface area contributed by atoms with E-state index in [0.29, 0.717) is 4.90 Å². The van der Waals surface area contributed by atoms with Crippen LogP contribution in [0.3, 0.4) is 0 Å². The van der Waals surface area contributed by atoms with E-state index in [-0.39, 0.29) is 5.70 Å². The van der Waals surface area contributed by atoms with Gasteiger partial charge in [0.25, 0.3) is 0 Å². The average Bonchev–Trinajstić information content (AvgIpc) is 2.40. The van der Waals surface area contributed by atoms with E-state index in [4.69, 9.17) is 10.2 Å². The minimum absolute atomic E-state index is 0.269. The molecule has 0 fully saturated rings. The second-order valence-corrected chi connectivity index (χ2v) is 3.32. The standard InChI is InChI=1S/C11H13NO4/c1-2-3-8-4-5-9(10(13)14)12(7-6-8)11(15)16/h4-7H,2-3H2,1H3,(H,13,14)(H,15,16). The van der Waals surface area contributed by atoms with Gasteiger partial charge < -0.3 is 10.2 Å². The Morgan fingerprint density at radius 2 is 2.00 bits per heavy atom. The molecule has 5 nitrogen and oxygen atoms in total. The molecule has 1 heterocycles. The number of aliphatic carboxylic acids is 1. The van der Waals surface area contributed by atoms with Crippen LogP contribution in [0.4, 0.5) is 4.79 Å². The predicted molar refractivity (Wildman–Crippen MR) is 57.7 cm³/mol. The van der Waals surface area contributed by atoms with Gasteiger partial charge in [0.2, 0.25) is 0 Å². The highest BCUT2D eigenvalue weighted by Gasteiger charge is 2.21. The Hall–Kier alpha value is -2.04. The summed E-state index contributed by atoms with van der Waals surface area (Å²) in [5, 5.41) is 17.7. The molecule has 0 saturated heterocycles. The summed E-state index contributed by atoms with van der Waals surface area (Å²) in [6.45, 7) is 2.00. The number of rotatable bonds is 3. The molecule has 5 heteroatoms. The largest absolute Gasteiger partial charge is 0.477 e. The lowest BCUT2D eigenvalue weighted by Crippen LogP contribution is -2.27. The fourth-order valence-corrected chi connectivity index (χ4v) is 1.37. The van der Waals surface area contributed by atoms with E-state index in [1.165, 1.54) is 12.3 Å². The zero-order valence-corrected chi connectivity index (χ0v) is 8.88. The number of carboxylic acid groups (broad SMARTS) is 2. The second kappa shape index (κ2) is 5.16. The topological polar surface area (TPSA) is 77.8 Å². The van der Waals surface area contributed by atoms with Gasteiger partial charge in [-0.25, -0.2) is 14.5 Å². The van der Waals surface area contributed by atoms with Gasteiger partial charge in [-0.3, -0.25) is 0 Å². The molecule has 0 radical (unpaired) electrons. The molecule has 1 aliphatic heterocycles. The number of allylic oxidation sites excluding steroid dienone is 4. The number of amides is 1. The van der Waals surface area contributed by atoms with Crippen LogP contribution in [-0.4, -0.2) is 27.2 Å². The van der Waals surface area contributed by atoms with Gasteiger partial charge in [0.1, 0.15) is 5.70 Å². The van der Waals surface area contributed by atoms with E-state index in [0.717, 1.165) is 18.4 Å². The van der Waals surface area contributed by atoms with Gasteiger partial charge in [-0.1, -0.05) is 19.4 Å². The number of hydrogen-bond donors (Lipinski definition) is 2. The van der Waals surface area contributed by atoms with Crippen LogP contribution in [0.1, 0.15) is 19.8 Å². The first-order chi connectivity index (χ1) is 7.56. The molecular formula is C11H13NO4. The maximum absolute atomic E-state index is 10.9.